The standard InChI is InChI=1S/C16H29N3O2/c1-14-8-9-15(21-14)16(20)19(12-6-10-17(2)3)13-7-11-18(4)5/h8-9H,6-7,10-13H2,1-5H3. The average molecular weight is 295 g/mol. The average Bonchev–Trinajstić information content (AvgIpc) is 2.82. The van der Waals surface area contributed by atoms with Crippen molar-refractivity contribution in [1.82, 2.24) is 14.7 Å². The molecule has 0 aromatic carbocycles. The summed E-state index contributed by atoms with van der Waals surface area (Å²) in [4.78, 5) is 18.7. The van der Waals surface area contributed by atoms with Gasteiger partial charge >= 0.3 is 0 Å². The Bertz CT molecular complexity index is 413. The molecule has 0 fully saturated rings. The van der Waals surface area contributed by atoms with Crippen LogP contribution in [0.3, 0.4) is 0 Å². The molecular weight excluding hydrogens is 266 g/mol. The molecule has 5 nitrogen and oxygen atoms in total. The van der Waals surface area contributed by atoms with Crippen LogP contribution < -0.4 is 0 Å². The van der Waals surface area contributed by atoms with E-state index >= 15 is 0 Å². The molecule has 1 amide bonds. The van der Waals surface area contributed by atoms with Crippen LogP contribution in [0, 0.1) is 6.92 Å². The van der Waals surface area contributed by atoms with Crippen LogP contribution in [0.5, 0.6) is 0 Å². The van der Waals surface area contributed by atoms with Gasteiger partial charge in [0.15, 0.2) is 5.76 Å². The van der Waals surface area contributed by atoms with Gasteiger partial charge in [0.25, 0.3) is 5.91 Å². The first kappa shape index (κ1) is 17.7. The fourth-order valence-electron chi connectivity index (χ4n) is 2.18. The van der Waals surface area contributed by atoms with Crippen LogP contribution in [-0.4, -0.2) is 75.0 Å². The SMILES string of the molecule is Cc1ccc(C(=O)N(CCCN(C)C)CCCN(C)C)o1. The Hall–Kier alpha value is -1.33. The highest BCUT2D eigenvalue weighted by Crippen LogP contribution is 2.11. The first-order valence-corrected chi connectivity index (χ1v) is 7.55. The number of carbonyl (C=O) groups excluding carboxylic acids is 1. The largest absolute Gasteiger partial charge is 0.456 e. The van der Waals surface area contributed by atoms with E-state index in [1.165, 1.54) is 0 Å². The highest BCUT2D eigenvalue weighted by atomic mass is 16.3. The maximum atomic E-state index is 12.5. The lowest BCUT2D eigenvalue weighted by atomic mass is 10.3. The first-order valence-electron chi connectivity index (χ1n) is 7.55. The summed E-state index contributed by atoms with van der Waals surface area (Å²) in [6, 6.07) is 3.60. The van der Waals surface area contributed by atoms with Crippen molar-refractivity contribution in [3.05, 3.63) is 23.7 Å². The van der Waals surface area contributed by atoms with Crippen LogP contribution in [0.4, 0.5) is 0 Å². The second-order valence-electron chi connectivity index (χ2n) is 6.02. The summed E-state index contributed by atoms with van der Waals surface area (Å²) in [6.45, 7) is 5.36. The van der Waals surface area contributed by atoms with Gasteiger partial charge in [-0.3, -0.25) is 4.79 Å². The molecule has 0 aliphatic rings. The van der Waals surface area contributed by atoms with Crippen LogP contribution in [-0.2, 0) is 0 Å². The predicted molar refractivity (Wildman–Crippen MR) is 85.7 cm³/mol. The molecule has 0 saturated carbocycles. The number of rotatable bonds is 9. The van der Waals surface area contributed by atoms with Gasteiger partial charge in [-0.05, 0) is 73.2 Å². The lowest BCUT2D eigenvalue weighted by Crippen LogP contribution is -2.35. The summed E-state index contributed by atoms with van der Waals surface area (Å²) in [5.74, 6) is 1.22. The smallest absolute Gasteiger partial charge is 0.289 e. The van der Waals surface area contributed by atoms with Crippen molar-refractivity contribution in [2.24, 2.45) is 0 Å². The number of carbonyl (C=O) groups is 1. The molecule has 0 N–H and O–H groups in total. The van der Waals surface area contributed by atoms with E-state index in [0.717, 1.165) is 44.8 Å². The third-order valence-electron chi connectivity index (χ3n) is 3.31. The Morgan fingerprint density at radius 2 is 1.48 bits per heavy atom. The number of hydrogen-bond donors (Lipinski definition) is 0. The van der Waals surface area contributed by atoms with Gasteiger partial charge in [-0.25, -0.2) is 0 Å². The topological polar surface area (TPSA) is 39.9 Å². The second-order valence-corrected chi connectivity index (χ2v) is 6.02. The zero-order chi connectivity index (χ0) is 15.8. The molecule has 1 rings (SSSR count). The van der Waals surface area contributed by atoms with Crippen molar-refractivity contribution >= 4 is 5.91 Å². The molecule has 0 aliphatic carbocycles. The van der Waals surface area contributed by atoms with Gasteiger partial charge in [-0.2, -0.15) is 0 Å². The van der Waals surface area contributed by atoms with E-state index in [4.69, 9.17) is 4.42 Å². The monoisotopic (exact) mass is 295 g/mol. The lowest BCUT2D eigenvalue weighted by Gasteiger charge is -2.23. The summed E-state index contributed by atoms with van der Waals surface area (Å²) >= 11 is 0. The van der Waals surface area contributed by atoms with Crippen molar-refractivity contribution in [2.75, 3.05) is 54.4 Å². The maximum Gasteiger partial charge on any atom is 0.289 e. The number of furan rings is 1. The summed E-state index contributed by atoms with van der Waals surface area (Å²) in [7, 11) is 8.20. The molecule has 0 radical (unpaired) electrons. The van der Waals surface area contributed by atoms with Crippen molar-refractivity contribution in [3.63, 3.8) is 0 Å². The van der Waals surface area contributed by atoms with Gasteiger partial charge in [-0.15, -0.1) is 0 Å². The van der Waals surface area contributed by atoms with E-state index in [2.05, 4.69) is 9.80 Å². The van der Waals surface area contributed by atoms with E-state index < -0.39 is 0 Å². The molecule has 120 valence electrons. The molecule has 5 heteroatoms. The molecule has 0 saturated heterocycles. The number of amides is 1. The Morgan fingerprint density at radius 3 is 1.86 bits per heavy atom. The minimum atomic E-state index is 0.000567. The molecule has 21 heavy (non-hydrogen) atoms. The van der Waals surface area contributed by atoms with Gasteiger partial charge in [0.05, 0.1) is 0 Å². The summed E-state index contributed by atoms with van der Waals surface area (Å²) in [6.07, 6.45) is 1.95. The van der Waals surface area contributed by atoms with Crippen LogP contribution in [0.1, 0.15) is 29.2 Å². The van der Waals surface area contributed by atoms with E-state index in [1.807, 2.05) is 46.1 Å². The van der Waals surface area contributed by atoms with Crippen molar-refractivity contribution in [1.29, 1.82) is 0 Å². The molecule has 0 aliphatic heterocycles. The number of aryl methyl sites for hydroxylation is 1. The highest BCUT2D eigenvalue weighted by Gasteiger charge is 2.18. The lowest BCUT2D eigenvalue weighted by molar-refractivity contribution is 0.0711. The first-order chi connectivity index (χ1) is 9.90. The number of hydrogen-bond acceptors (Lipinski definition) is 4. The van der Waals surface area contributed by atoms with E-state index in [-0.39, 0.29) is 5.91 Å². The minimum absolute atomic E-state index is 0.000567. The summed E-state index contributed by atoms with van der Waals surface area (Å²) in [5, 5.41) is 0. The molecule has 1 aromatic heterocycles. The summed E-state index contributed by atoms with van der Waals surface area (Å²) in [5.41, 5.74) is 0. The third-order valence-corrected chi connectivity index (χ3v) is 3.31. The van der Waals surface area contributed by atoms with Crippen LogP contribution >= 0.6 is 0 Å². The van der Waals surface area contributed by atoms with E-state index in [1.54, 1.807) is 6.07 Å². The van der Waals surface area contributed by atoms with Crippen molar-refractivity contribution < 1.29 is 9.21 Å². The van der Waals surface area contributed by atoms with Gasteiger partial charge in [-0.1, -0.05) is 0 Å². The van der Waals surface area contributed by atoms with Gasteiger partial charge in [0.2, 0.25) is 0 Å². The zero-order valence-electron chi connectivity index (χ0n) is 14.1. The molecule has 0 atom stereocenters. The van der Waals surface area contributed by atoms with Crippen LogP contribution in [0.15, 0.2) is 16.5 Å². The molecule has 0 spiro atoms. The fraction of sp³-hybridized carbons (Fsp3) is 0.688. The molecule has 0 unspecified atom stereocenters. The predicted octanol–water partition coefficient (Wildman–Crippen LogP) is 1.93. The van der Waals surface area contributed by atoms with Crippen LogP contribution in [0.25, 0.3) is 0 Å². The zero-order valence-corrected chi connectivity index (χ0v) is 14.1. The Labute approximate surface area is 128 Å². The second kappa shape index (κ2) is 8.85. The normalized spacial score (nSPS) is 11.4. The Kier molecular flexibility index (Phi) is 7.47. The molecule has 1 aromatic rings. The Morgan fingerprint density at radius 1 is 0.952 bits per heavy atom. The van der Waals surface area contributed by atoms with Gasteiger partial charge in [0, 0.05) is 13.1 Å². The Balaban J connectivity index is 2.59. The van der Waals surface area contributed by atoms with E-state index in [9.17, 15) is 4.79 Å². The summed E-state index contributed by atoms with van der Waals surface area (Å²) < 4.78 is 5.47. The quantitative estimate of drug-likeness (QED) is 0.698. The third kappa shape index (κ3) is 6.78. The van der Waals surface area contributed by atoms with Crippen LogP contribution in [0.2, 0.25) is 0 Å². The van der Waals surface area contributed by atoms with Crippen molar-refractivity contribution in [2.45, 2.75) is 19.8 Å². The molecule has 1 heterocycles. The molecular formula is C16H29N3O2. The number of nitrogens with zero attached hydrogens (tertiary/aromatic N) is 3. The minimum Gasteiger partial charge on any atom is -0.456 e. The maximum absolute atomic E-state index is 12.5. The molecule has 0 bridgehead atoms. The highest BCUT2D eigenvalue weighted by molar-refractivity contribution is 5.91. The van der Waals surface area contributed by atoms with Crippen molar-refractivity contribution in [3.8, 4) is 0 Å². The fourth-order valence-corrected chi connectivity index (χ4v) is 2.18. The van der Waals surface area contributed by atoms with Gasteiger partial charge < -0.3 is 19.1 Å². The van der Waals surface area contributed by atoms with E-state index in [0.29, 0.717) is 5.76 Å². The van der Waals surface area contributed by atoms with Gasteiger partial charge in [0.1, 0.15) is 5.76 Å².